The van der Waals surface area contributed by atoms with Crippen LogP contribution in [0.25, 0.3) is 0 Å². The van der Waals surface area contributed by atoms with Gasteiger partial charge in [-0.3, -0.25) is 4.79 Å². The maximum atomic E-state index is 10.8. The summed E-state index contributed by atoms with van der Waals surface area (Å²) >= 11 is 0. The van der Waals surface area contributed by atoms with E-state index in [-0.39, 0.29) is 17.9 Å². The van der Waals surface area contributed by atoms with Crippen molar-refractivity contribution < 1.29 is 19.1 Å². The molecule has 0 amide bonds. The van der Waals surface area contributed by atoms with Gasteiger partial charge in [-0.15, -0.1) is 10.2 Å². The highest BCUT2D eigenvalue weighted by atomic mass is 16.5. The van der Waals surface area contributed by atoms with Gasteiger partial charge >= 0.3 is 5.97 Å². The zero-order valence-corrected chi connectivity index (χ0v) is 11.4. The van der Waals surface area contributed by atoms with Gasteiger partial charge in [0, 0.05) is 13.0 Å². The summed E-state index contributed by atoms with van der Waals surface area (Å²) in [6, 6.07) is 0. The van der Waals surface area contributed by atoms with Crippen LogP contribution in [0.2, 0.25) is 0 Å². The molecule has 0 bridgehead atoms. The van der Waals surface area contributed by atoms with Gasteiger partial charge in [-0.1, -0.05) is 13.8 Å². The first-order chi connectivity index (χ1) is 8.94. The molecule has 1 unspecified atom stereocenters. The number of hydrogen-bond donors (Lipinski definition) is 1. The monoisotopic (exact) mass is 268 g/mol. The highest BCUT2D eigenvalue weighted by Crippen LogP contribution is 2.26. The van der Waals surface area contributed by atoms with Gasteiger partial charge in [0.25, 0.3) is 0 Å². The summed E-state index contributed by atoms with van der Waals surface area (Å²) in [6.07, 6.45) is 3.49. The van der Waals surface area contributed by atoms with Crippen LogP contribution in [0.5, 0.6) is 0 Å². The molecule has 6 nitrogen and oxygen atoms in total. The number of hydrogen-bond acceptors (Lipinski definition) is 5. The van der Waals surface area contributed by atoms with Gasteiger partial charge in [0.05, 0.1) is 18.9 Å². The van der Waals surface area contributed by atoms with Crippen LogP contribution in [0.4, 0.5) is 0 Å². The van der Waals surface area contributed by atoms with E-state index in [1.54, 1.807) is 0 Å². The Balaban J connectivity index is 1.91. The van der Waals surface area contributed by atoms with E-state index < -0.39 is 5.97 Å². The molecule has 0 aliphatic carbocycles. The SMILES string of the molecule is CC(C)(CC(=O)O)Cc1nnc(CC2CCCO2)o1. The van der Waals surface area contributed by atoms with E-state index in [4.69, 9.17) is 14.3 Å². The van der Waals surface area contributed by atoms with Crippen molar-refractivity contribution in [2.24, 2.45) is 5.41 Å². The van der Waals surface area contributed by atoms with Crippen LogP contribution in [0.3, 0.4) is 0 Å². The minimum atomic E-state index is -0.816. The summed E-state index contributed by atoms with van der Waals surface area (Å²) in [5.74, 6) is 0.261. The Bertz CT molecular complexity index is 436. The molecular formula is C13H20N2O4. The molecule has 0 spiro atoms. The highest BCUT2D eigenvalue weighted by Gasteiger charge is 2.26. The van der Waals surface area contributed by atoms with Crippen molar-refractivity contribution in [2.75, 3.05) is 6.61 Å². The number of carbonyl (C=O) groups is 1. The van der Waals surface area contributed by atoms with E-state index >= 15 is 0 Å². The molecule has 1 aliphatic heterocycles. The molecule has 6 heteroatoms. The maximum Gasteiger partial charge on any atom is 0.303 e. The van der Waals surface area contributed by atoms with Crippen molar-refractivity contribution in [1.82, 2.24) is 10.2 Å². The van der Waals surface area contributed by atoms with Crippen LogP contribution in [0.15, 0.2) is 4.42 Å². The summed E-state index contributed by atoms with van der Waals surface area (Å²) in [5.41, 5.74) is -0.389. The van der Waals surface area contributed by atoms with Crippen molar-refractivity contribution in [3.05, 3.63) is 11.8 Å². The topological polar surface area (TPSA) is 85.5 Å². The van der Waals surface area contributed by atoms with Gasteiger partial charge in [-0.25, -0.2) is 0 Å². The minimum Gasteiger partial charge on any atom is -0.481 e. The molecule has 106 valence electrons. The van der Waals surface area contributed by atoms with Crippen molar-refractivity contribution >= 4 is 5.97 Å². The molecule has 1 aliphatic rings. The number of aromatic nitrogens is 2. The first-order valence-corrected chi connectivity index (χ1v) is 6.59. The van der Waals surface area contributed by atoms with E-state index in [9.17, 15) is 4.79 Å². The normalized spacial score (nSPS) is 19.8. The molecule has 1 N–H and O–H groups in total. The third kappa shape index (κ3) is 4.31. The van der Waals surface area contributed by atoms with Gasteiger partial charge in [0.1, 0.15) is 0 Å². The molecule has 1 fully saturated rings. The van der Waals surface area contributed by atoms with Crippen LogP contribution < -0.4 is 0 Å². The summed E-state index contributed by atoms with van der Waals surface area (Å²) in [7, 11) is 0. The average molecular weight is 268 g/mol. The molecule has 1 aromatic rings. The lowest BCUT2D eigenvalue weighted by Gasteiger charge is -2.19. The molecule has 0 aromatic carbocycles. The van der Waals surface area contributed by atoms with E-state index in [0.29, 0.717) is 24.6 Å². The van der Waals surface area contributed by atoms with Crippen molar-refractivity contribution in [3.8, 4) is 0 Å². The van der Waals surface area contributed by atoms with Gasteiger partial charge in [-0.05, 0) is 18.3 Å². The highest BCUT2D eigenvalue weighted by molar-refractivity contribution is 5.67. The number of rotatable bonds is 6. The van der Waals surface area contributed by atoms with E-state index in [1.807, 2.05) is 13.8 Å². The summed E-state index contributed by atoms with van der Waals surface area (Å²) in [5, 5.41) is 16.8. The third-order valence-electron chi connectivity index (χ3n) is 3.19. The fraction of sp³-hybridized carbons (Fsp3) is 0.769. The smallest absolute Gasteiger partial charge is 0.303 e. The zero-order chi connectivity index (χ0) is 13.9. The van der Waals surface area contributed by atoms with E-state index in [0.717, 1.165) is 19.4 Å². The van der Waals surface area contributed by atoms with E-state index in [1.165, 1.54) is 0 Å². The average Bonchev–Trinajstić information content (AvgIpc) is 2.88. The summed E-state index contributed by atoms with van der Waals surface area (Å²) in [4.78, 5) is 10.8. The van der Waals surface area contributed by atoms with Crippen LogP contribution in [-0.4, -0.2) is 34.0 Å². The quantitative estimate of drug-likeness (QED) is 0.847. The Kier molecular flexibility index (Phi) is 4.19. The lowest BCUT2D eigenvalue weighted by atomic mass is 9.86. The fourth-order valence-electron chi connectivity index (χ4n) is 2.32. The number of ether oxygens (including phenoxy) is 1. The Morgan fingerprint density at radius 2 is 2.16 bits per heavy atom. The van der Waals surface area contributed by atoms with Crippen LogP contribution >= 0.6 is 0 Å². The predicted molar refractivity (Wildman–Crippen MR) is 66.7 cm³/mol. The first-order valence-electron chi connectivity index (χ1n) is 6.59. The Hall–Kier alpha value is -1.43. The third-order valence-corrected chi connectivity index (χ3v) is 3.19. The van der Waals surface area contributed by atoms with Crippen molar-refractivity contribution in [2.45, 2.75) is 52.1 Å². The van der Waals surface area contributed by atoms with Gasteiger partial charge in [-0.2, -0.15) is 0 Å². The van der Waals surface area contributed by atoms with Gasteiger partial charge < -0.3 is 14.3 Å². The molecule has 2 heterocycles. The maximum absolute atomic E-state index is 10.8. The number of carboxylic acid groups (broad SMARTS) is 1. The fourth-order valence-corrected chi connectivity index (χ4v) is 2.32. The Labute approximate surface area is 112 Å². The number of nitrogens with zero attached hydrogens (tertiary/aromatic N) is 2. The second-order valence-electron chi connectivity index (χ2n) is 5.84. The summed E-state index contributed by atoms with van der Waals surface area (Å²) in [6.45, 7) is 4.56. The number of aliphatic carboxylic acids is 1. The Morgan fingerprint density at radius 3 is 2.79 bits per heavy atom. The second kappa shape index (κ2) is 5.69. The molecule has 1 atom stereocenters. The van der Waals surface area contributed by atoms with Gasteiger partial charge in [0.2, 0.25) is 11.8 Å². The lowest BCUT2D eigenvalue weighted by Crippen LogP contribution is -2.19. The largest absolute Gasteiger partial charge is 0.481 e. The predicted octanol–water partition coefficient (Wildman–Crippen LogP) is 1.83. The molecule has 1 saturated heterocycles. The van der Waals surface area contributed by atoms with E-state index in [2.05, 4.69) is 10.2 Å². The Morgan fingerprint density at radius 1 is 1.42 bits per heavy atom. The molecule has 1 aromatic heterocycles. The zero-order valence-electron chi connectivity index (χ0n) is 11.4. The standard InChI is InChI=1S/C13H20N2O4/c1-13(2,8-12(16)17)7-11-15-14-10(19-11)6-9-4-3-5-18-9/h9H,3-8H2,1-2H3,(H,16,17). The van der Waals surface area contributed by atoms with Crippen molar-refractivity contribution in [1.29, 1.82) is 0 Å². The molecule has 19 heavy (non-hydrogen) atoms. The van der Waals surface area contributed by atoms with Crippen LogP contribution in [-0.2, 0) is 22.4 Å². The summed E-state index contributed by atoms with van der Waals surface area (Å²) < 4.78 is 11.1. The molecular weight excluding hydrogens is 248 g/mol. The van der Waals surface area contributed by atoms with Crippen molar-refractivity contribution in [3.63, 3.8) is 0 Å². The van der Waals surface area contributed by atoms with Crippen LogP contribution in [0.1, 0.15) is 44.9 Å². The number of carboxylic acids is 1. The van der Waals surface area contributed by atoms with Gasteiger partial charge in [0.15, 0.2) is 0 Å². The minimum absolute atomic E-state index is 0.0798. The molecule has 2 rings (SSSR count). The second-order valence-corrected chi connectivity index (χ2v) is 5.84. The van der Waals surface area contributed by atoms with Crippen LogP contribution in [0, 0.1) is 5.41 Å². The first kappa shape index (κ1) is 14.0. The molecule has 0 radical (unpaired) electrons. The lowest BCUT2D eigenvalue weighted by molar-refractivity contribution is -0.139. The molecule has 0 saturated carbocycles.